The van der Waals surface area contributed by atoms with Crippen molar-refractivity contribution in [3.8, 4) is 22.6 Å². The number of primary amides is 1. The van der Waals surface area contributed by atoms with Crippen LogP contribution in [0.25, 0.3) is 11.1 Å². The standard InChI is InChI=1S/C27H39N3O4/c1-20-23(7-3-9-25(20)33-17-5-13-29-14-11-27(28)32)24-8-4-10-26(21(24)2)34-18-6-15-30-16-12-22(31)19-30/h3-4,7-10,22,29,31H,5-6,11-19H2,1-2H3,(H2,28,32). The number of hydrogen-bond donors (Lipinski definition) is 3. The molecule has 0 aromatic heterocycles. The predicted molar refractivity (Wildman–Crippen MR) is 135 cm³/mol. The van der Waals surface area contributed by atoms with E-state index in [0.717, 1.165) is 79.2 Å². The van der Waals surface area contributed by atoms with Gasteiger partial charge in [-0.25, -0.2) is 0 Å². The molecular weight excluding hydrogens is 430 g/mol. The second kappa shape index (κ2) is 13.3. The molecule has 0 saturated carbocycles. The Morgan fingerprint density at radius 2 is 1.65 bits per heavy atom. The zero-order valence-corrected chi connectivity index (χ0v) is 20.5. The molecule has 1 heterocycles. The van der Waals surface area contributed by atoms with E-state index < -0.39 is 0 Å². The monoisotopic (exact) mass is 469 g/mol. The van der Waals surface area contributed by atoms with Gasteiger partial charge in [0.1, 0.15) is 11.5 Å². The molecule has 2 aromatic carbocycles. The molecule has 4 N–H and O–H groups in total. The van der Waals surface area contributed by atoms with Crippen molar-refractivity contribution < 1.29 is 19.4 Å². The summed E-state index contributed by atoms with van der Waals surface area (Å²) in [5.74, 6) is 1.50. The van der Waals surface area contributed by atoms with Crippen LogP contribution in [-0.4, -0.2) is 68.0 Å². The number of aliphatic hydroxyl groups excluding tert-OH is 1. The molecular formula is C27H39N3O4. The molecule has 7 nitrogen and oxygen atoms in total. The first-order valence-electron chi connectivity index (χ1n) is 12.3. The molecule has 186 valence electrons. The molecule has 0 bridgehead atoms. The summed E-state index contributed by atoms with van der Waals surface area (Å²) in [6, 6.07) is 12.4. The number of β-amino-alcohol motifs (C(OH)–C–C–N with tert-alkyl or cyclic N) is 1. The minimum absolute atomic E-state index is 0.173. The summed E-state index contributed by atoms with van der Waals surface area (Å²) in [6.45, 7) is 9.54. The summed E-state index contributed by atoms with van der Waals surface area (Å²) in [7, 11) is 0. The number of nitrogens with zero attached hydrogens (tertiary/aromatic N) is 1. The minimum atomic E-state index is -0.288. The first kappa shape index (κ1) is 26.0. The molecule has 1 unspecified atom stereocenters. The Kier molecular flexibility index (Phi) is 10.2. The number of likely N-dealkylation sites (tertiary alicyclic amines) is 1. The SMILES string of the molecule is Cc1c(OCCCNCCC(N)=O)cccc1-c1cccc(OCCCN2CCC(O)C2)c1C. The molecule has 1 saturated heterocycles. The summed E-state index contributed by atoms with van der Waals surface area (Å²) in [6.07, 6.45) is 2.84. The lowest BCUT2D eigenvalue weighted by atomic mass is 9.95. The highest BCUT2D eigenvalue weighted by atomic mass is 16.5. The van der Waals surface area contributed by atoms with Crippen LogP contribution in [0.2, 0.25) is 0 Å². The van der Waals surface area contributed by atoms with Crippen LogP contribution >= 0.6 is 0 Å². The Labute approximate surface area is 203 Å². The van der Waals surface area contributed by atoms with E-state index in [1.54, 1.807) is 0 Å². The first-order chi connectivity index (χ1) is 16.5. The fourth-order valence-corrected chi connectivity index (χ4v) is 4.33. The first-order valence-corrected chi connectivity index (χ1v) is 12.3. The maximum atomic E-state index is 10.8. The molecule has 3 rings (SSSR count). The average Bonchev–Trinajstić information content (AvgIpc) is 3.23. The van der Waals surface area contributed by atoms with Crippen LogP contribution in [0.15, 0.2) is 36.4 Å². The molecule has 2 aromatic rings. The fraction of sp³-hybridized carbons (Fsp3) is 0.519. The number of nitrogens with two attached hydrogens (primary N) is 1. The Bertz CT molecular complexity index is 934. The van der Waals surface area contributed by atoms with E-state index in [9.17, 15) is 9.90 Å². The van der Waals surface area contributed by atoms with Gasteiger partial charge in [-0.1, -0.05) is 24.3 Å². The number of benzene rings is 2. The number of amides is 1. The van der Waals surface area contributed by atoms with Gasteiger partial charge < -0.3 is 30.5 Å². The van der Waals surface area contributed by atoms with Crippen LogP contribution in [0, 0.1) is 13.8 Å². The van der Waals surface area contributed by atoms with E-state index in [0.29, 0.717) is 26.2 Å². The van der Waals surface area contributed by atoms with E-state index in [2.05, 4.69) is 36.2 Å². The number of rotatable bonds is 14. The van der Waals surface area contributed by atoms with E-state index in [1.807, 2.05) is 24.3 Å². The maximum Gasteiger partial charge on any atom is 0.218 e. The molecule has 1 aliphatic rings. The third kappa shape index (κ3) is 7.72. The van der Waals surface area contributed by atoms with Gasteiger partial charge in [-0.15, -0.1) is 0 Å². The predicted octanol–water partition coefficient (Wildman–Crippen LogP) is 3.04. The van der Waals surface area contributed by atoms with Gasteiger partial charge in [0.2, 0.25) is 5.91 Å². The second-order valence-corrected chi connectivity index (χ2v) is 8.97. The number of hydrogen-bond acceptors (Lipinski definition) is 6. The van der Waals surface area contributed by atoms with Gasteiger partial charge in [0.05, 0.1) is 19.3 Å². The molecule has 0 radical (unpaired) electrons. The minimum Gasteiger partial charge on any atom is -0.493 e. The molecule has 7 heteroatoms. The Balaban J connectivity index is 1.53. The lowest BCUT2D eigenvalue weighted by molar-refractivity contribution is -0.117. The molecule has 0 spiro atoms. The smallest absolute Gasteiger partial charge is 0.218 e. The Hall–Kier alpha value is -2.61. The van der Waals surface area contributed by atoms with Gasteiger partial charge in [-0.3, -0.25) is 4.79 Å². The van der Waals surface area contributed by atoms with Crippen molar-refractivity contribution >= 4 is 5.91 Å². The molecule has 34 heavy (non-hydrogen) atoms. The van der Waals surface area contributed by atoms with Crippen molar-refractivity contribution in [1.82, 2.24) is 10.2 Å². The molecule has 1 fully saturated rings. The van der Waals surface area contributed by atoms with Crippen LogP contribution in [-0.2, 0) is 4.79 Å². The highest BCUT2D eigenvalue weighted by Crippen LogP contribution is 2.35. The summed E-state index contributed by atoms with van der Waals surface area (Å²) in [5, 5.41) is 12.9. The van der Waals surface area contributed by atoms with E-state index >= 15 is 0 Å². The van der Waals surface area contributed by atoms with Crippen LogP contribution in [0.1, 0.15) is 36.8 Å². The zero-order chi connectivity index (χ0) is 24.3. The highest BCUT2D eigenvalue weighted by Gasteiger charge is 2.19. The van der Waals surface area contributed by atoms with Crippen molar-refractivity contribution in [1.29, 1.82) is 0 Å². The number of nitrogens with one attached hydrogen (secondary N) is 1. The topological polar surface area (TPSA) is 97.0 Å². The summed E-state index contributed by atoms with van der Waals surface area (Å²) >= 11 is 0. The van der Waals surface area contributed by atoms with Gasteiger partial charge >= 0.3 is 0 Å². The van der Waals surface area contributed by atoms with Crippen LogP contribution < -0.4 is 20.5 Å². The molecule has 1 atom stereocenters. The molecule has 0 aliphatic carbocycles. The number of ether oxygens (including phenoxy) is 2. The lowest BCUT2D eigenvalue weighted by Crippen LogP contribution is -2.24. The molecule has 1 amide bonds. The van der Waals surface area contributed by atoms with Crippen molar-refractivity contribution in [2.45, 2.75) is 45.6 Å². The number of carbonyl (C=O) groups excluding carboxylic acids is 1. The average molecular weight is 470 g/mol. The number of carbonyl (C=O) groups is 1. The fourth-order valence-electron chi connectivity index (χ4n) is 4.33. The van der Waals surface area contributed by atoms with Crippen molar-refractivity contribution in [2.75, 3.05) is 45.9 Å². The highest BCUT2D eigenvalue weighted by molar-refractivity contribution is 5.74. The van der Waals surface area contributed by atoms with Gasteiger partial charge in [-0.2, -0.15) is 0 Å². The van der Waals surface area contributed by atoms with Crippen LogP contribution in [0.4, 0.5) is 0 Å². The summed E-state index contributed by atoms with van der Waals surface area (Å²) < 4.78 is 12.2. The van der Waals surface area contributed by atoms with Crippen molar-refractivity contribution in [3.63, 3.8) is 0 Å². The summed E-state index contributed by atoms with van der Waals surface area (Å²) in [5.41, 5.74) is 9.67. The zero-order valence-electron chi connectivity index (χ0n) is 20.5. The van der Waals surface area contributed by atoms with Gasteiger partial charge in [0.15, 0.2) is 0 Å². The Morgan fingerprint density at radius 3 is 2.21 bits per heavy atom. The molecule has 1 aliphatic heterocycles. The summed E-state index contributed by atoms with van der Waals surface area (Å²) in [4.78, 5) is 13.1. The van der Waals surface area contributed by atoms with E-state index in [1.165, 1.54) is 0 Å². The van der Waals surface area contributed by atoms with Crippen molar-refractivity contribution in [2.24, 2.45) is 5.73 Å². The van der Waals surface area contributed by atoms with Gasteiger partial charge in [0.25, 0.3) is 0 Å². The van der Waals surface area contributed by atoms with Crippen molar-refractivity contribution in [3.05, 3.63) is 47.5 Å². The normalized spacial score (nSPS) is 16.0. The van der Waals surface area contributed by atoms with Crippen LogP contribution in [0.3, 0.4) is 0 Å². The van der Waals surface area contributed by atoms with E-state index in [4.69, 9.17) is 15.2 Å². The number of aliphatic hydroxyl groups is 1. The lowest BCUT2D eigenvalue weighted by Gasteiger charge is -2.18. The third-order valence-electron chi connectivity index (χ3n) is 6.29. The Morgan fingerprint density at radius 1 is 1.03 bits per heavy atom. The second-order valence-electron chi connectivity index (χ2n) is 8.97. The maximum absolute atomic E-state index is 10.8. The van der Waals surface area contributed by atoms with Crippen LogP contribution in [0.5, 0.6) is 11.5 Å². The van der Waals surface area contributed by atoms with Gasteiger partial charge in [0, 0.05) is 32.6 Å². The quantitative estimate of drug-likeness (QED) is 0.368. The van der Waals surface area contributed by atoms with E-state index in [-0.39, 0.29) is 12.0 Å². The van der Waals surface area contributed by atoms with Gasteiger partial charge in [-0.05, 0) is 74.0 Å². The third-order valence-corrected chi connectivity index (χ3v) is 6.29. The largest absolute Gasteiger partial charge is 0.493 e.